The van der Waals surface area contributed by atoms with Gasteiger partial charge in [0, 0.05) is 10.2 Å². The molecule has 11 heavy (non-hydrogen) atoms. The highest BCUT2D eigenvalue weighted by molar-refractivity contribution is 14.1. The second-order valence-corrected chi connectivity index (χ2v) is 3.39. The van der Waals surface area contributed by atoms with Crippen LogP contribution in [0.3, 0.4) is 0 Å². The fourth-order valence-corrected chi connectivity index (χ4v) is 1.37. The average molecular weight is 262 g/mol. The van der Waals surface area contributed by atoms with Crippen LogP contribution in [-0.2, 0) is 11.3 Å². The van der Waals surface area contributed by atoms with Gasteiger partial charge >= 0.3 is 0 Å². The van der Waals surface area contributed by atoms with E-state index in [2.05, 4.69) is 34.7 Å². The van der Waals surface area contributed by atoms with Gasteiger partial charge in [-0.05, 0) is 41.1 Å². The van der Waals surface area contributed by atoms with Crippen LogP contribution in [0.1, 0.15) is 12.5 Å². The topological polar surface area (TPSA) is 9.23 Å². The Morgan fingerprint density at radius 2 is 2.09 bits per heavy atom. The van der Waals surface area contributed by atoms with E-state index >= 15 is 0 Å². The van der Waals surface area contributed by atoms with E-state index in [9.17, 15) is 0 Å². The van der Waals surface area contributed by atoms with Gasteiger partial charge < -0.3 is 4.74 Å². The Morgan fingerprint density at radius 3 is 2.73 bits per heavy atom. The molecule has 0 N–H and O–H groups in total. The Kier molecular flexibility index (Phi) is 3.86. The van der Waals surface area contributed by atoms with Gasteiger partial charge in [0.15, 0.2) is 0 Å². The standard InChI is InChI=1S/C9H11IO/c1-2-11-7-8-5-3-4-6-9(8)10/h3-6H,2,7H2,1H3. The zero-order valence-electron chi connectivity index (χ0n) is 6.51. The minimum absolute atomic E-state index is 0.732. The van der Waals surface area contributed by atoms with Crippen LogP contribution in [0.4, 0.5) is 0 Å². The van der Waals surface area contributed by atoms with E-state index in [0.717, 1.165) is 13.2 Å². The Labute approximate surface area is 80.9 Å². The van der Waals surface area contributed by atoms with E-state index in [4.69, 9.17) is 4.74 Å². The Balaban J connectivity index is 2.62. The van der Waals surface area contributed by atoms with Crippen LogP contribution in [0.15, 0.2) is 24.3 Å². The fourth-order valence-electron chi connectivity index (χ4n) is 0.827. The summed E-state index contributed by atoms with van der Waals surface area (Å²) in [5.41, 5.74) is 1.27. The fraction of sp³-hybridized carbons (Fsp3) is 0.333. The molecule has 1 aromatic rings. The molecule has 0 fully saturated rings. The predicted molar refractivity (Wildman–Crippen MR) is 54.5 cm³/mol. The zero-order valence-corrected chi connectivity index (χ0v) is 8.67. The van der Waals surface area contributed by atoms with Crippen molar-refractivity contribution in [2.75, 3.05) is 6.61 Å². The van der Waals surface area contributed by atoms with Crippen LogP contribution in [0.2, 0.25) is 0 Å². The first-order chi connectivity index (χ1) is 5.34. The molecular weight excluding hydrogens is 251 g/mol. The molecule has 0 spiro atoms. The highest BCUT2D eigenvalue weighted by atomic mass is 127. The molecule has 0 aromatic heterocycles. The van der Waals surface area contributed by atoms with Gasteiger partial charge in [-0.15, -0.1) is 0 Å². The monoisotopic (exact) mass is 262 g/mol. The molecule has 0 saturated heterocycles. The number of hydrogen-bond donors (Lipinski definition) is 0. The third-order valence-corrected chi connectivity index (χ3v) is 2.47. The molecule has 0 amide bonds. The van der Waals surface area contributed by atoms with Crippen molar-refractivity contribution < 1.29 is 4.74 Å². The van der Waals surface area contributed by atoms with Gasteiger partial charge in [-0.3, -0.25) is 0 Å². The molecule has 1 nitrogen and oxygen atoms in total. The van der Waals surface area contributed by atoms with E-state index in [1.54, 1.807) is 0 Å². The highest BCUT2D eigenvalue weighted by Crippen LogP contribution is 2.11. The molecular formula is C9H11IO. The lowest BCUT2D eigenvalue weighted by Crippen LogP contribution is -1.93. The summed E-state index contributed by atoms with van der Waals surface area (Å²) in [6, 6.07) is 8.26. The largest absolute Gasteiger partial charge is 0.377 e. The quantitative estimate of drug-likeness (QED) is 0.761. The SMILES string of the molecule is CCOCc1ccccc1I. The molecule has 0 radical (unpaired) electrons. The maximum atomic E-state index is 5.30. The first kappa shape index (κ1) is 9.00. The van der Waals surface area contributed by atoms with Gasteiger partial charge in [0.2, 0.25) is 0 Å². The molecule has 0 bridgehead atoms. The van der Waals surface area contributed by atoms with Crippen molar-refractivity contribution in [1.82, 2.24) is 0 Å². The van der Waals surface area contributed by atoms with Crippen LogP contribution in [-0.4, -0.2) is 6.61 Å². The Morgan fingerprint density at radius 1 is 1.36 bits per heavy atom. The molecule has 0 unspecified atom stereocenters. The summed E-state index contributed by atoms with van der Waals surface area (Å²) in [6.45, 7) is 3.52. The molecule has 1 aromatic carbocycles. The first-order valence-corrected chi connectivity index (χ1v) is 4.73. The molecule has 0 aliphatic heterocycles. The Bertz CT molecular complexity index is 223. The molecule has 0 atom stereocenters. The lowest BCUT2D eigenvalue weighted by Gasteiger charge is -2.02. The van der Waals surface area contributed by atoms with Gasteiger partial charge in [0.25, 0.3) is 0 Å². The number of ether oxygens (including phenoxy) is 1. The number of hydrogen-bond acceptors (Lipinski definition) is 1. The average Bonchev–Trinajstić information content (AvgIpc) is 2.03. The van der Waals surface area contributed by atoms with Gasteiger partial charge in [-0.2, -0.15) is 0 Å². The third-order valence-electron chi connectivity index (χ3n) is 1.42. The van der Waals surface area contributed by atoms with Crippen molar-refractivity contribution in [3.8, 4) is 0 Å². The lowest BCUT2D eigenvalue weighted by atomic mass is 10.2. The van der Waals surface area contributed by atoms with Crippen molar-refractivity contribution in [3.63, 3.8) is 0 Å². The van der Waals surface area contributed by atoms with Crippen LogP contribution in [0, 0.1) is 3.57 Å². The van der Waals surface area contributed by atoms with Gasteiger partial charge in [0.1, 0.15) is 0 Å². The first-order valence-electron chi connectivity index (χ1n) is 3.65. The predicted octanol–water partition coefficient (Wildman–Crippen LogP) is 2.83. The summed E-state index contributed by atoms with van der Waals surface area (Å²) in [5, 5.41) is 0. The van der Waals surface area contributed by atoms with Crippen LogP contribution in [0.25, 0.3) is 0 Å². The molecule has 0 heterocycles. The minimum Gasteiger partial charge on any atom is -0.377 e. The summed E-state index contributed by atoms with van der Waals surface area (Å²) < 4.78 is 6.57. The molecule has 1 rings (SSSR count). The molecule has 2 heteroatoms. The maximum absolute atomic E-state index is 5.30. The summed E-state index contributed by atoms with van der Waals surface area (Å²) in [5.74, 6) is 0. The van der Waals surface area contributed by atoms with Crippen molar-refractivity contribution >= 4 is 22.6 Å². The number of benzene rings is 1. The number of rotatable bonds is 3. The van der Waals surface area contributed by atoms with Crippen molar-refractivity contribution in [2.24, 2.45) is 0 Å². The molecule has 0 saturated carbocycles. The maximum Gasteiger partial charge on any atom is 0.0726 e. The third kappa shape index (κ3) is 2.79. The lowest BCUT2D eigenvalue weighted by molar-refractivity contribution is 0.133. The van der Waals surface area contributed by atoms with E-state index in [1.807, 2.05) is 19.1 Å². The number of halogens is 1. The minimum atomic E-state index is 0.732. The highest BCUT2D eigenvalue weighted by Gasteiger charge is 1.95. The van der Waals surface area contributed by atoms with E-state index in [-0.39, 0.29) is 0 Å². The zero-order chi connectivity index (χ0) is 8.10. The van der Waals surface area contributed by atoms with Crippen molar-refractivity contribution in [1.29, 1.82) is 0 Å². The Hall–Kier alpha value is -0.0900. The van der Waals surface area contributed by atoms with Crippen LogP contribution >= 0.6 is 22.6 Å². The van der Waals surface area contributed by atoms with Crippen LogP contribution in [0.5, 0.6) is 0 Å². The summed E-state index contributed by atoms with van der Waals surface area (Å²) in [4.78, 5) is 0. The molecule has 0 aliphatic rings. The smallest absolute Gasteiger partial charge is 0.0726 e. The second kappa shape index (κ2) is 4.72. The molecule has 60 valence electrons. The summed E-state index contributed by atoms with van der Waals surface area (Å²) in [6.07, 6.45) is 0. The summed E-state index contributed by atoms with van der Waals surface area (Å²) >= 11 is 2.32. The van der Waals surface area contributed by atoms with Gasteiger partial charge in [-0.25, -0.2) is 0 Å². The van der Waals surface area contributed by atoms with E-state index < -0.39 is 0 Å². The van der Waals surface area contributed by atoms with E-state index in [1.165, 1.54) is 9.13 Å². The van der Waals surface area contributed by atoms with Crippen LogP contribution < -0.4 is 0 Å². The summed E-state index contributed by atoms with van der Waals surface area (Å²) in [7, 11) is 0. The van der Waals surface area contributed by atoms with E-state index in [0.29, 0.717) is 0 Å². The van der Waals surface area contributed by atoms with Crippen molar-refractivity contribution in [3.05, 3.63) is 33.4 Å². The van der Waals surface area contributed by atoms with Gasteiger partial charge in [-0.1, -0.05) is 18.2 Å². The van der Waals surface area contributed by atoms with Crippen molar-refractivity contribution in [2.45, 2.75) is 13.5 Å². The second-order valence-electron chi connectivity index (χ2n) is 2.23. The molecule has 0 aliphatic carbocycles. The van der Waals surface area contributed by atoms with Gasteiger partial charge in [0.05, 0.1) is 6.61 Å². The normalized spacial score (nSPS) is 10.0.